The van der Waals surface area contributed by atoms with Crippen LogP contribution in [0.15, 0.2) is 22.7 Å². The summed E-state index contributed by atoms with van der Waals surface area (Å²) in [5, 5.41) is 0. The van der Waals surface area contributed by atoms with Gasteiger partial charge in [0.1, 0.15) is 5.82 Å². The van der Waals surface area contributed by atoms with E-state index in [0.29, 0.717) is 17.5 Å². The van der Waals surface area contributed by atoms with Gasteiger partial charge in [-0.1, -0.05) is 6.07 Å². The van der Waals surface area contributed by atoms with Crippen molar-refractivity contribution >= 4 is 21.9 Å². The summed E-state index contributed by atoms with van der Waals surface area (Å²) in [5.41, 5.74) is 6.20. The quantitative estimate of drug-likeness (QED) is 0.839. The molecule has 0 amide bonds. The van der Waals surface area contributed by atoms with Crippen LogP contribution in [0.5, 0.6) is 0 Å². The number of carbonyl (C=O) groups excluding carboxylic acids is 1. The third-order valence-electron chi connectivity index (χ3n) is 2.93. The number of ether oxygens (including phenoxy) is 1. The summed E-state index contributed by atoms with van der Waals surface area (Å²) in [6.07, 6.45) is 0.434. The second-order valence-corrected chi connectivity index (χ2v) is 5.94. The maximum Gasteiger partial charge on any atom is 0.311 e. The Labute approximate surface area is 121 Å². The highest BCUT2D eigenvalue weighted by Crippen LogP contribution is 2.31. The molecule has 0 saturated carbocycles. The lowest BCUT2D eigenvalue weighted by Gasteiger charge is -2.26. The molecule has 1 aromatic carbocycles. The molecule has 0 aliphatic carbocycles. The van der Waals surface area contributed by atoms with Crippen LogP contribution in [-0.4, -0.2) is 12.6 Å². The maximum absolute atomic E-state index is 13.2. The molecular weight excluding hydrogens is 313 g/mol. The van der Waals surface area contributed by atoms with E-state index < -0.39 is 5.41 Å². The van der Waals surface area contributed by atoms with Crippen molar-refractivity contribution in [3.05, 3.63) is 34.1 Å². The van der Waals surface area contributed by atoms with E-state index in [2.05, 4.69) is 15.9 Å². The Kier molecular flexibility index (Phi) is 5.50. The predicted molar refractivity (Wildman–Crippen MR) is 76.1 cm³/mol. The lowest BCUT2D eigenvalue weighted by molar-refractivity contribution is -0.154. The molecule has 0 aliphatic heterocycles. The number of hydrogen-bond acceptors (Lipinski definition) is 3. The van der Waals surface area contributed by atoms with E-state index >= 15 is 0 Å². The topological polar surface area (TPSA) is 52.3 Å². The highest BCUT2D eigenvalue weighted by molar-refractivity contribution is 9.10. The van der Waals surface area contributed by atoms with E-state index in [9.17, 15) is 9.18 Å². The van der Waals surface area contributed by atoms with Gasteiger partial charge in [0.25, 0.3) is 0 Å². The van der Waals surface area contributed by atoms with Crippen molar-refractivity contribution in [1.82, 2.24) is 0 Å². The number of carbonyl (C=O) groups is 1. The first-order chi connectivity index (χ1) is 8.77. The fraction of sp³-hybridized carbons (Fsp3) is 0.500. The molecule has 5 heteroatoms. The molecule has 0 bridgehead atoms. The molecule has 0 aromatic heterocycles. The second kappa shape index (κ2) is 6.48. The van der Waals surface area contributed by atoms with Crippen molar-refractivity contribution in [3.8, 4) is 0 Å². The Bertz CT molecular complexity index is 463. The number of halogens is 2. The van der Waals surface area contributed by atoms with Crippen molar-refractivity contribution in [2.45, 2.75) is 33.2 Å². The first kappa shape index (κ1) is 16.1. The number of benzene rings is 1. The Morgan fingerprint density at radius 1 is 1.53 bits per heavy atom. The molecule has 1 rings (SSSR count). The summed E-state index contributed by atoms with van der Waals surface area (Å²) < 4.78 is 18.6. The van der Waals surface area contributed by atoms with E-state index in [0.717, 1.165) is 5.56 Å². The smallest absolute Gasteiger partial charge is 0.311 e. The van der Waals surface area contributed by atoms with Gasteiger partial charge in [-0.3, -0.25) is 4.79 Å². The molecule has 2 N–H and O–H groups in total. The predicted octanol–water partition coefficient (Wildman–Crippen LogP) is 3.57. The molecule has 1 unspecified atom stereocenters. The van der Waals surface area contributed by atoms with Crippen molar-refractivity contribution in [3.63, 3.8) is 0 Å². The first-order valence-electron chi connectivity index (χ1n) is 6.15. The van der Waals surface area contributed by atoms with Crippen LogP contribution >= 0.6 is 15.9 Å². The molecule has 1 atom stereocenters. The molecule has 0 spiro atoms. The molecule has 0 fully saturated rings. The van der Waals surface area contributed by atoms with E-state index in [1.54, 1.807) is 32.9 Å². The van der Waals surface area contributed by atoms with E-state index in [1.165, 1.54) is 6.07 Å². The zero-order valence-corrected chi connectivity index (χ0v) is 13.0. The minimum Gasteiger partial charge on any atom is -0.466 e. The van der Waals surface area contributed by atoms with Crippen LogP contribution in [-0.2, 0) is 9.53 Å². The summed E-state index contributed by atoms with van der Waals surface area (Å²) in [7, 11) is 0. The Balaban J connectivity index is 2.80. The van der Waals surface area contributed by atoms with Crippen molar-refractivity contribution in [2.24, 2.45) is 11.1 Å². The number of esters is 1. The molecule has 0 saturated heterocycles. The second-order valence-electron chi connectivity index (χ2n) is 5.09. The average molecular weight is 332 g/mol. The van der Waals surface area contributed by atoms with Crippen LogP contribution in [0.4, 0.5) is 4.39 Å². The zero-order chi connectivity index (χ0) is 14.6. The van der Waals surface area contributed by atoms with Gasteiger partial charge in [0.15, 0.2) is 0 Å². The molecule has 19 heavy (non-hydrogen) atoms. The Hall–Kier alpha value is -0.940. The molecular formula is C14H19BrFNO2. The summed E-state index contributed by atoms with van der Waals surface area (Å²) in [6.45, 7) is 5.71. The monoisotopic (exact) mass is 331 g/mol. The molecule has 0 radical (unpaired) electrons. The van der Waals surface area contributed by atoms with Gasteiger partial charge >= 0.3 is 5.97 Å². The normalized spacial score (nSPS) is 13.2. The van der Waals surface area contributed by atoms with Crippen LogP contribution in [0, 0.1) is 11.2 Å². The average Bonchev–Trinajstić information content (AvgIpc) is 2.32. The summed E-state index contributed by atoms with van der Waals surface area (Å²) in [4.78, 5) is 11.8. The lowest BCUT2D eigenvalue weighted by atomic mass is 9.84. The van der Waals surface area contributed by atoms with Gasteiger partial charge in [-0.2, -0.15) is 0 Å². The van der Waals surface area contributed by atoms with Gasteiger partial charge in [0.05, 0.1) is 16.5 Å². The van der Waals surface area contributed by atoms with Gasteiger partial charge in [-0.15, -0.1) is 0 Å². The SMILES string of the molecule is CCOC(=O)C(C)(C)CC(N)c1ccc(F)c(Br)c1. The van der Waals surface area contributed by atoms with Crippen LogP contribution in [0.2, 0.25) is 0 Å². The zero-order valence-electron chi connectivity index (χ0n) is 11.4. The highest BCUT2D eigenvalue weighted by Gasteiger charge is 2.31. The van der Waals surface area contributed by atoms with Gasteiger partial charge in [0, 0.05) is 6.04 Å². The van der Waals surface area contributed by atoms with Crippen molar-refractivity contribution < 1.29 is 13.9 Å². The Morgan fingerprint density at radius 2 is 2.16 bits per heavy atom. The molecule has 0 aliphatic rings. The molecule has 0 heterocycles. The van der Waals surface area contributed by atoms with Gasteiger partial charge in [0.2, 0.25) is 0 Å². The third kappa shape index (κ3) is 4.28. The number of hydrogen-bond donors (Lipinski definition) is 1. The molecule has 1 aromatic rings. The first-order valence-corrected chi connectivity index (χ1v) is 6.95. The fourth-order valence-corrected chi connectivity index (χ4v) is 2.22. The minimum absolute atomic E-state index is 0.272. The molecule has 3 nitrogen and oxygen atoms in total. The van der Waals surface area contributed by atoms with E-state index in [1.807, 2.05) is 0 Å². The van der Waals surface area contributed by atoms with Gasteiger partial charge in [-0.05, 0) is 60.8 Å². The minimum atomic E-state index is -0.670. The summed E-state index contributed by atoms with van der Waals surface area (Å²) in [5.74, 6) is -0.604. The third-order valence-corrected chi connectivity index (χ3v) is 3.54. The van der Waals surface area contributed by atoms with E-state index in [4.69, 9.17) is 10.5 Å². The van der Waals surface area contributed by atoms with Crippen molar-refractivity contribution in [2.75, 3.05) is 6.61 Å². The van der Waals surface area contributed by atoms with E-state index in [-0.39, 0.29) is 17.8 Å². The lowest BCUT2D eigenvalue weighted by Crippen LogP contribution is -2.31. The largest absolute Gasteiger partial charge is 0.466 e. The van der Waals surface area contributed by atoms with Gasteiger partial charge in [-0.25, -0.2) is 4.39 Å². The fourth-order valence-electron chi connectivity index (χ4n) is 1.82. The number of rotatable bonds is 5. The van der Waals surface area contributed by atoms with Crippen LogP contribution in [0.25, 0.3) is 0 Å². The highest BCUT2D eigenvalue weighted by atomic mass is 79.9. The Morgan fingerprint density at radius 3 is 2.68 bits per heavy atom. The van der Waals surface area contributed by atoms with Crippen LogP contribution < -0.4 is 5.73 Å². The summed E-state index contributed by atoms with van der Waals surface area (Å²) in [6, 6.07) is 4.28. The van der Waals surface area contributed by atoms with Crippen molar-refractivity contribution in [1.29, 1.82) is 0 Å². The molecule has 106 valence electrons. The van der Waals surface area contributed by atoms with Crippen LogP contribution in [0.3, 0.4) is 0 Å². The number of nitrogens with two attached hydrogens (primary N) is 1. The van der Waals surface area contributed by atoms with Crippen LogP contribution in [0.1, 0.15) is 38.8 Å². The maximum atomic E-state index is 13.2. The standard InChI is InChI=1S/C14H19BrFNO2/c1-4-19-13(18)14(2,3)8-12(17)9-5-6-11(16)10(15)7-9/h5-7,12H,4,8,17H2,1-3H3. The summed E-state index contributed by atoms with van der Waals surface area (Å²) >= 11 is 3.13. The van der Waals surface area contributed by atoms with Gasteiger partial charge < -0.3 is 10.5 Å².